The molecule has 0 amide bonds. The molecule has 0 aromatic carbocycles. The second-order valence-corrected chi connectivity index (χ2v) is 7.14. The maximum atomic E-state index is 5.96. The molecule has 0 radical (unpaired) electrons. The molecule has 1 aromatic heterocycles. The fourth-order valence-corrected chi connectivity index (χ4v) is 4.32. The van der Waals surface area contributed by atoms with Gasteiger partial charge in [0.2, 0.25) is 0 Å². The van der Waals surface area contributed by atoms with Crippen LogP contribution in [-0.2, 0) is 6.42 Å². The van der Waals surface area contributed by atoms with Crippen LogP contribution < -0.4 is 11.1 Å². The van der Waals surface area contributed by atoms with Crippen LogP contribution in [0, 0.1) is 11.3 Å². The fourth-order valence-electron chi connectivity index (χ4n) is 3.61. The van der Waals surface area contributed by atoms with Gasteiger partial charge in [-0.2, -0.15) is 0 Å². The highest BCUT2D eigenvalue weighted by atomic mass is 32.1. The fraction of sp³-hybridized carbons (Fsp3) is 0.667. The van der Waals surface area contributed by atoms with Crippen LogP contribution in [0.4, 0.5) is 0 Å². The predicted molar refractivity (Wildman–Crippen MR) is 81.5 cm³/mol. The zero-order valence-electron chi connectivity index (χ0n) is 11.4. The van der Waals surface area contributed by atoms with Crippen LogP contribution in [0.2, 0.25) is 0 Å². The minimum Gasteiger partial charge on any atom is -0.370 e. The van der Waals surface area contributed by atoms with E-state index in [4.69, 9.17) is 5.73 Å². The number of aliphatic imine (C=N–C) groups is 1. The molecule has 3 nitrogen and oxygen atoms in total. The highest BCUT2D eigenvalue weighted by molar-refractivity contribution is 7.09. The molecule has 0 aliphatic heterocycles. The Morgan fingerprint density at radius 3 is 2.95 bits per heavy atom. The summed E-state index contributed by atoms with van der Waals surface area (Å²) in [5, 5.41) is 5.35. The number of hydrogen-bond donors (Lipinski definition) is 2. The molecule has 0 saturated heterocycles. The van der Waals surface area contributed by atoms with Gasteiger partial charge in [-0.3, -0.25) is 4.99 Å². The molecule has 0 spiro atoms. The molecule has 1 aromatic rings. The normalized spacial score (nSPS) is 29.9. The molecule has 2 bridgehead atoms. The quantitative estimate of drug-likeness (QED) is 0.642. The Kier molecular flexibility index (Phi) is 3.78. The first kappa shape index (κ1) is 13.0. The van der Waals surface area contributed by atoms with Crippen LogP contribution in [0.5, 0.6) is 0 Å². The standard InChI is InChI=1S/C15H23N3S/c16-14(17-8-5-13-2-1-9-19-13)18-11-15-6-3-12(10-15)4-7-15/h1-2,9,12H,3-8,10-11H2,(H3,16,17,18). The maximum absolute atomic E-state index is 5.96. The van der Waals surface area contributed by atoms with Gasteiger partial charge in [-0.1, -0.05) is 6.07 Å². The summed E-state index contributed by atoms with van der Waals surface area (Å²) in [4.78, 5) is 5.98. The van der Waals surface area contributed by atoms with Crippen molar-refractivity contribution in [2.45, 2.75) is 38.5 Å². The van der Waals surface area contributed by atoms with Crippen LogP contribution in [0.3, 0.4) is 0 Å². The van der Waals surface area contributed by atoms with E-state index < -0.39 is 0 Å². The molecule has 3 N–H and O–H groups in total. The average molecular weight is 277 g/mol. The Labute approximate surface area is 119 Å². The molecule has 104 valence electrons. The Hall–Kier alpha value is -1.03. The smallest absolute Gasteiger partial charge is 0.188 e. The first-order valence-electron chi connectivity index (χ1n) is 7.32. The first-order chi connectivity index (χ1) is 9.26. The summed E-state index contributed by atoms with van der Waals surface area (Å²) in [7, 11) is 0. The highest BCUT2D eigenvalue weighted by Crippen LogP contribution is 2.54. The first-order valence-corrected chi connectivity index (χ1v) is 8.20. The molecule has 2 fully saturated rings. The molecule has 19 heavy (non-hydrogen) atoms. The maximum Gasteiger partial charge on any atom is 0.188 e. The average Bonchev–Trinajstić information content (AvgIpc) is 3.14. The van der Waals surface area contributed by atoms with Crippen LogP contribution in [0.25, 0.3) is 0 Å². The van der Waals surface area contributed by atoms with E-state index in [1.54, 1.807) is 11.3 Å². The van der Waals surface area contributed by atoms with Gasteiger partial charge in [0.05, 0.1) is 0 Å². The number of fused-ring (bicyclic) bond motifs is 2. The van der Waals surface area contributed by atoms with E-state index in [0.29, 0.717) is 11.4 Å². The van der Waals surface area contributed by atoms with Gasteiger partial charge in [-0.05, 0) is 61.3 Å². The minimum atomic E-state index is 0.505. The molecule has 1 heterocycles. The van der Waals surface area contributed by atoms with Gasteiger partial charge in [0.25, 0.3) is 0 Å². The largest absolute Gasteiger partial charge is 0.370 e. The topological polar surface area (TPSA) is 50.4 Å². The summed E-state index contributed by atoms with van der Waals surface area (Å²) < 4.78 is 0. The Bertz CT molecular complexity index is 430. The lowest BCUT2D eigenvalue weighted by molar-refractivity contribution is 0.307. The Morgan fingerprint density at radius 2 is 2.32 bits per heavy atom. The van der Waals surface area contributed by atoms with Crippen molar-refractivity contribution in [1.82, 2.24) is 5.32 Å². The third kappa shape index (κ3) is 3.11. The van der Waals surface area contributed by atoms with Crippen molar-refractivity contribution in [2.75, 3.05) is 13.1 Å². The number of guanidine groups is 1. The number of hydrogen-bond acceptors (Lipinski definition) is 2. The van der Waals surface area contributed by atoms with Gasteiger partial charge in [-0.25, -0.2) is 0 Å². The van der Waals surface area contributed by atoms with Crippen molar-refractivity contribution in [3.05, 3.63) is 22.4 Å². The van der Waals surface area contributed by atoms with Crippen LogP contribution in [0.1, 0.15) is 37.0 Å². The van der Waals surface area contributed by atoms with Crippen LogP contribution in [-0.4, -0.2) is 19.0 Å². The molecule has 0 atom stereocenters. The second kappa shape index (κ2) is 5.53. The molecule has 0 unspecified atom stereocenters. The van der Waals surface area contributed by atoms with E-state index >= 15 is 0 Å². The summed E-state index contributed by atoms with van der Waals surface area (Å²) >= 11 is 1.80. The molecular weight excluding hydrogens is 254 g/mol. The third-order valence-corrected chi connectivity index (χ3v) is 5.67. The minimum absolute atomic E-state index is 0.505. The molecule has 2 aliphatic carbocycles. The molecular formula is C15H23N3S. The summed E-state index contributed by atoms with van der Waals surface area (Å²) in [5.41, 5.74) is 6.47. The number of nitrogens with one attached hydrogen (secondary N) is 1. The van der Waals surface area contributed by atoms with Crippen LogP contribution >= 0.6 is 11.3 Å². The van der Waals surface area contributed by atoms with Gasteiger partial charge in [0.15, 0.2) is 5.96 Å². The van der Waals surface area contributed by atoms with Gasteiger partial charge in [-0.15, -0.1) is 11.3 Å². The van der Waals surface area contributed by atoms with Gasteiger partial charge >= 0.3 is 0 Å². The number of nitrogens with two attached hydrogens (primary N) is 1. The summed E-state index contributed by atoms with van der Waals surface area (Å²) in [6.07, 6.45) is 7.98. The van der Waals surface area contributed by atoms with Crippen molar-refractivity contribution in [2.24, 2.45) is 22.1 Å². The van der Waals surface area contributed by atoms with E-state index in [-0.39, 0.29) is 0 Å². The summed E-state index contributed by atoms with van der Waals surface area (Å²) in [6.45, 7) is 1.81. The molecule has 2 saturated carbocycles. The molecule has 4 heteroatoms. The van der Waals surface area contributed by atoms with Gasteiger partial charge in [0, 0.05) is 18.0 Å². The van der Waals surface area contributed by atoms with Crippen molar-refractivity contribution in [3.8, 4) is 0 Å². The van der Waals surface area contributed by atoms with Crippen LogP contribution in [0.15, 0.2) is 22.5 Å². The highest BCUT2D eigenvalue weighted by Gasteiger charge is 2.44. The number of thiophene rings is 1. The second-order valence-electron chi connectivity index (χ2n) is 6.11. The number of nitrogens with zero attached hydrogens (tertiary/aromatic N) is 1. The zero-order valence-corrected chi connectivity index (χ0v) is 12.2. The van der Waals surface area contributed by atoms with E-state index in [2.05, 4.69) is 27.8 Å². The van der Waals surface area contributed by atoms with E-state index in [9.17, 15) is 0 Å². The van der Waals surface area contributed by atoms with Crippen molar-refractivity contribution in [1.29, 1.82) is 0 Å². The Balaban J connectivity index is 1.42. The molecule has 3 rings (SSSR count). The van der Waals surface area contributed by atoms with Crippen molar-refractivity contribution in [3.63, 3.8) is 0 Å². The lowest BCUT2D eigenvalue weighted by Crippen LogP contribution is -2.34. The third-order valence-electron chi connectivity index (χ3n) is 4.73. The molecule has 2 aliphatic rings. The zero-order chi connectivity index (χ0) is 13.1. The van der Waals surface area contributed by atoms with Crippen molar-refractivity contribution < 1.29 is 0 Å². The van der Waals surface area contributed by atoms with Gasteiger partial charge in [0.1, 0.15) is 0 Å². The lowest BCUT2D eigenvalue weighted by atomic mass is 9.84. The lowest BCUT2D eigenvalue weighted by Gasteiger charge is -2.24. The summed E-state index contributed by atoms with van der Waals surface area (Å²) in [5.74, 6) is 1.62. The monoisotopic (exact) mass is 277 g/mol. The predicted octanol–water partition coefficient (Wildman–Crippen LogP) is 2.78. The van der Waals surface area contributed by atoms with E-state index in [1.807, 2.05) is 0 Å². The SMILES string of the molecule is NC(=NCC12CCC(CC1)C2)NCCc1cccs1. The Morgan fingerprint density at radius 1 is 1.47 bits per heavy atom. The number of rotatable bonds is 5. The van der Waals surface area contributed by atoms with E-state index in [0.717, 1.165) is 25.4 Å². The van der Waals surface area contributed by atoms with E-state index in [1.165, 1.54) is 37.0 Å². The van der Waals surface area contributed by atoms with Gasteiger partial charge < -0.3 is 11.1 Å². The summed E-state index contributed by atoms with van der Waals surface area (Å²) in [6, 6.07) is 4.25. The van der Waals surface area contributed by atoms with Crippen molar-refractivity contribution >= 4 is 17.3 Å².